The smallest absolute Gasteiger partial charge is 0.225 e. The van der Waals surface area contributed by atoms with Gasteiger partial charge in [-0.05, 0) is 30.9 Å². The summed E-state index contributed by atoms with van der Waals surface area (Å²) in [7, 11) is 3.88. The molecule has 1 aromatic heterocycles. The highest BCUT2D eigenvalue weighted by Crippen LogP contribution is 2.21. The molecule has 1 atom stereocenters. The highest BCUT2D eigenvalue weighted by molar-refractivity contribution is 5.90. The summed E-state index contributed by atoms with van der Waals surface area (Å²) in [6, 6.07) is 3.77. The van der Waals surface area contributed by atoms with Gasteiger partial charge in [0.2, 0.25) is 5.91 Å². The summed E-state index contributed by atoms with van der Waals surface area (Å²) < 4.78 is 0. The molecule has 0 saturated carbocycles. The van der Waals surface area contributed by atoms with Crippen molar-refractivity contribution in [1.29, 1.82) is 0 Å². The maximum Gasteiger partial charge on any atom is 0.225 e. The van der Waals surface area contributed by atoms with Crippen molar-refractivity contribution in [1.82, 2.24) is 4.98 Å². The first-order valence-corrected chi connectivity index (χ1v) is 6.25. The van der Waals surface area contributed by atoms with Gasteiger partial charge in [-0.2, -0.15) is 0 Å². The average molecular weight is 245 g/mol. The third-order valence-corrected chi connectivity index (χ3v) is 3.05. The van der Waals surface area contributed by atoms with Crippen molar-refractivity contribution in [2.75, 3.05) is 24.3 Å². The van der Waals surface area contributed by atoms with Crippen LogP contribution < -0.4 is 10.2 Å². The number of nitrogens with one attached hydrogen (secondary N) is 1. The monoisotopic (exact) mass is 245 g/mol. The van der Waals surface area contributed by atoms with Gasteiger partial charge in [0.05, 0.1) is 11.9 Å². The van der Waals surface area contributed by atoms with Crippen molar-refractivity contribution in [2.45, 2.75) is 19.3 Å². The summed E-state index contributed by atoms with van der Waals surface area (Å²) >= 11 is 0. The Morgan fingerprint density at radius 2 is 2.33 bits per heavy atom. The zero-order chi connectivity index (χ0) is 13.0. The molecule has 2 rings (SSSR count). The van der Waals surface area contributed by atoms with Crippen LogP contribution in [0.1, 0.15) is 19.3 Å². The second kappa shape index (κ2) is 5.67. The number of hydrogen-bond donors (Lipinski definition) is 1. The van der Waals surface area contributed by atoms with Crippen LogP contribution in [0.2, 0.25) is 0 Å². The molecular formula is C14H19N3O. The zero-order valence-electron chi connectivity index (χ0n) is 10.9. The number of hydrogen-bond acceptors (Lipinski definition) is 3. The second-order valence-electron chi connectivity index (χ2n) is 4.82. The van der Waals surface area contributed by atoms with Crippen LogP contribution >= 0.6 is 0 Å². The molecule has 18 heavy (non-hydrogen) atoms. The number of carbonyl (C=O) groups is 1. The molecule has 0 unspecified atom stereocenters. The maximum absolute atomic E-state index is 11.8. The van der Waals surface area contributed by atoms with Crippen LogP contribution in [-0.4, -0.2) is 25.0 Å². The summed E-state index contributed by atoms with van der Waals surface area (Å²) in [5.74, 6) is 1.34. The molecule has 1 N–H and O–H groups in total. The third kappa shape index (κ3) is 3.32. The van der Waals surface area contributed by atoms with Gasteiger partial charge in [-0.15, -0.1) is 0 Å². The summed E-state index contributed by atoms with van der Waals surface area (Å²) in [5, 5.41) is 2.88. The van der Waals surface area contributed by atoms with Crippen LogP contribution in [0.4, 0.5) is 11.5 Å². The van der Waals surface area contributed by atoms with Crippen LogP contribution in [0.15, 0.2) is 30.5 Å². The Labute approximate surface area is 108 Å². The summed E-state index contributed by atoms with van der Waals surface area (Å²) in [4.78, 5) is 18.0. The predicted octanol–water partition coefficient (Wildman–Crippen LogP) is 2.44. The lowest BCUT2D eigenvalue weighted by Gasteiger charge is -2.12. The quantitative estimate of drug-likeness (QED) is 0.829. The summed E-state index contributed by atoms with van der Waals surface area (Å²) in [6.07, 6.45) is 8.71. The predicted molar refractivity (Wildman–Crippen MR) is 73.7 cm³/mol. The third-order valence-electron chi connectivity index (χ3n) is 3.05. The van der Waals surface area contributed by atoms with Crippen molar-refractivity contribution >= 4 is 17.4 Å². The van der Waals surface area contributed by atoms with Gasteiger partial charge >= 0.3 is 0 Å². The van der Waals surface area contributed by atoms with Crippen molar-refractivity contribution in [3.8, 4) is 0 Å². The van der Waals surface area contributed by atoms with Gasteiger partial charge in [0.15, 0.2) is 0 Å². The Balaban J connectivity index is 1.88. The number of rotatable bonds is 4. The molecule has 96 valence electrons. The van der Waals surface area contributed by atoms with Gasteiger partial charge in [0, 0.05) is 20.5 Å². The number of pyridine rings is 1. The maximum atomic E-state index is 11.8. The molecule has 1 aliphatic carbocycles. The molecule has 0 fully saturated rings. The molecule has 0 radical (unpaired) electrons. The van der Waals surface area contributed by atoms with Crippen LogP contribution in [-0.2, 0) is 4.79 Å². The first kappa shape index (κ1) is 12.6. The number of nitrogens with zero attached hydrogens (tertiary/aromatic N) is 2. The van der Waals surface area contributed by atoms with E-state index in [-0.39, 0.29) is 5.91 Å². The van der Waals surface area contributed by atoms with Gasteiger partial charge in [0.25, 0.3) is 0 Å². The Kier molecular flexibility index (Phi) is 3.97. The molecule has 0 aromatic carbocycles. The lowest BCUT2D eigenvalue weighted by Crippen LogP contribution is -2.15. The SMILES string of the molecule is CN(C)c1ccc(NC(=O)C[C@@H]2C=CCC2)cn1. The van der Waals surface area contributed by atoms with Gasteiger partial charge in [-0.25, -0.2) is 4.98 Å². The number of carbonyl (C=O) groups excluding carboxylic acids is 1. The van der Waals surface area contributed by atoms with E-state index in [0.717, 1.165) is 24.3 Å². The van der Waals surface area contributed by atoms with Crippen LogP contribution in [0.3, 0.4) is 0 Å². The van der Waals surface area contributed by atoms with E-state index in [9.17, 15) is 4.79 Å². The molecule has 4 heteroatoms. The second-order valence-corrected chi connectivity index (χ2v) is 4.82. The van der Waals surface area contributed by atoms with Gasteiger partial charge in [0.1, 0.15) is 5.82 Å². The van der Waals surface area contributed by atoms with E-state index < -0.39 is 0 Å². The highest BCUT2D eigenvalue weighted by Gasteiger charge is 2.14. The van der Waals surface area contributed by atoms with E-state index in [1.165, 1.54) is 0 Å². The van der Waals surface area contributed by atoms with Gasteiger partial charge in [-0.1, -0.05) is 12.2 Å². The van der Waals surface area contributed by atoms with E-state index >= 15 is 0 Å². The van der Waals surface area contributed by atoms with E-state index in [2.05, 4.69) is 22.5 Å². The average Bonchev–Trinajstić information content (AvgIpc) is 2.82. The Bertz CT molecular complexity index is 437. The van der Waals surface area contributed by atoms with Crippen molar-refractivity contribution in [3.63, 3.8) is 0 Å². The molecule has 4 nitrogen and oxygen atoms in total. The topological polar surface area (TPSA) is 45.2 Å². The number of aromatic nitrogens is 1. The summed E-state index contributed by atoms with van der Waals surface area (Å²) in [6.45, 7) is 0. The van der Waals surface area contributed by atoms with Crippen molar-refractivity contribution < 1.29 is 4.79 Å². The molecular weight excluding hydrogens is 226 g/mol. The molecule has 1 aromatic rings. The molecule has 0 spiro atoms. The van der Waals surface area contributed by atoms with Crippen molar-refractivity contribution in [3.05, 3.63) is 30.5 Å². The number of anilines is 2. The first-order valence-electron chi connectivity index (χ1n) is 6.25. The van der Waals surface area contributed by atoms with E-state index in [4.69, 9.17) is 0 Å². The molecule has 1 amide bonds. The molecule has 1 aliphatic rings. The van der Waals surface area contributed by atoms with Crippen LogP contribution in [0.25, 0.3) is 0 Å². The Morgan fingerprint density at radius 3 is 2.89 bits per heavy atom. The minimum atomic E-state index is 0.0611. The molecule has 1 heterocycles. The van der Waals surface area contributed by atoms with E-state index in [1.54, 1.807) is 6.20 Å². The minimum Gasteiger partial charge on any atom is -0.363 e. The molecule has 0 aliphatic heterocycles. The normalized spacial score (nSPS) is 17.8. The van der Waals surface area contributed by atoms with Crippen molar-refractivity contribution in [2.24, 2.45) is 5.92 Å². The minimum absolute atomic E-state index is 0.0611. The Hall–Kier alpha value is -1.84. The largest absolute Gasteiger partial charge is 0.363 e. The van der Waals surface area contributed by atoms with E-state index in [1.807, 2.05) is 31.1 Å². The highest BCUT2D eigenvalue weighted by atomic mass is 16.1. The van der Waals surface area contributed by atoms with Crippen LogP contribution in [0, 0.1) is 5.92 Å². The first-order chi connectivity index (χ1) is 8.65. The standard InChI is InChI=1S/C14H19N3O/c1-17(2)13-8-7-12(10-15-13)16-14(18)9-11-5-3-4-6-11/h3,5,7-8,10-11H,4,6,9H2,1-2H3,(H,16,18)/t11-/m1/s1. The fraction of sp³-hybridized carbons (Fsp3) is 0.429. The fourth-order valence-corrected chi connectivity index (χ4v) is 2.04. The Morgan fingerprint density at radius 1 is 1.50 bits per heavy atom. The molecule has 0 saturated heterocycles. The summed E-state index contributed by atoms with van der Waals surface area (Å²) in [5.41, 5.74) is 0.757. The fourth-order valence-electron chi connectivity index (χ4n) is 2.04. The number of amides is 1. The number of allylic oxidation sites excluding steroid dienone is 2. The molecule has 0 bridgehead atoms. The van der Waals surface area contributed by atoms with E-state index in [0.29, 0.717) is 12.3 Å². The van der Waals surface area contributed by atoms with Gasteiger partial charge < -0.3 is 10.2 Å². The van der Waals surface area contributed by atoms with Crippen LogP contribution in [0.5, 0.6) is 0 Å². The lowest BCUT2D eigenvalue weighted by atomic mass is 10.1. The lowest BCUT2D eigenvalue weighted by molar-refractivity contribution is -0.116. The zero-order valence-corrected chi connectivity index (χ0v) is 10.9. The van der Waals surface area contributed by atoms with Gasteiger partial charge in [-0.3, -0.25) is 4.79 Å².